The molecule has 2 nitrogen and oxygen atoms in total. The molecule has 1 fully saturated rings. The summed E-state index contributed by atoms with van der Waals surface area (Å²) in [5.41, 5.74) is 5.01. The number of aryl methyl sites for hydroxylation is 2. The van der Waals surface area contributed by atoms with E-state index >= 15 is 0 Å². The van der Waals surface area contributed by atoms with E-state index in [0.29, 0.717) is 5.92 Å². The largest absolute Gasteiger partial charge is 0.464 e. The zero-order valence-corrected chi connectivity index (χ0v) is 10.5. The second-order valence-corrected chi connectivity index (χ2v) is 5.09. The van der Waals surface area contributed by atoms with Gasteiger partial charge in [0.05, 0.1) is 6.26 Å². The van der Waals surface area contributed by atoms with Gasteiger partial charge in [0.15, 0.2) is 0 Å². The maximum atomic E-state index is 5.76. The Morgan fingerprint density at radius 1 is 1.18 bits per heavy atom. The van der Waals surface area contributed by atoms with E-state index < -0.39 is 0 Å². The minimum absolute atomic E-state index is 0.634. The third-order valence-electron chi connectivity index (χ3n) is 3.74. The van der Waals surface area contributed by atoms with Crippen LogP contribution in [0.1, 0.15) is 35.4 Å². The van der Waals surface area contributed by atoms with Crippen LogP contribution in [0, 0.1) is 13.8 Å². The predicted molar refractivity (Wildman–Crippen MR) is 69.5 cm³/mol. The molecule has 1 aliphatic heterocycles. The molecule has 89 valence electrons. The number of benzene rings is 1. The van der Waals surface area contributed by atoms with Gasteiger partial charge in [0.25, 0.3) is 0 Å². The first-order chi connectivity index (χ1) is 8.25. The fraction of sp³-hybridized carbons (Fsp3) is 0.467. The third-order valence-corrected chi connectivity index (χ3v) is 3.74. The van der Waals surface area contributed by atoms with Gasteiger partial charge in [0, 0.05) is 24.0 Å². The number of hydrogen-bond donors (Lipinski definition) is 0. The van der Waals surface area contributed by atoms with Gasteiger partial charge in [-0.05, 0) is 49.8 Å². The zero-order valence-electron chi connectivity index (χ0n) is 10.5. The van der Waals surface area contributed by atoms with Crippen molar-refractivity contribution in [3.63, 3.8) is 0 Å². The van der Waals surface area contributed by atoms with Crippen LogP contribution >= 0.6 is 0 Å². The highest BCUT2D eigenvalue weighted by molar-refractivity contribution is 5.85. The lowest BCUT2D eigenvalue weighted by atomic mass is 9.89. The van der Waals surface area contributed by atoms with Crippen LogP contribution in [-0.2, 0) is 0 Å². The van der Waals surface area contributed by atoms with Gasteiger partial charge in [0.2, 0.25) is 0 Å². The second-order valence-electron chi connectivity index (χ2n) is 5.09. The van der Waals surface area contributed by atoms with E-state index in [2.05, 4.69) is 31.3 Å². The Bertz CT molecular complexity index is 535. The van der Waals surface area contributed by atoms with Crippen LogP contribution in [-0.4, -0.2) is 13.1 Å². The molecular formula is C15H18NO. The Morgan fingerprint density at radius 2 is 1.94 bits per heavy atom. The van der Waals surface area contributed by atoms with Gasteiger partial charge in [-0.1, -0.05) is 6.07 Å². The molecular weight excluding hydrogens is 210 g/mol. The molecule has 0 atom stereocenters. The standard InChI is InChI=1S/C15H18NO/c1-10-7-11(2)15-13(8-10)14(9-17-15)12-3-5-16-6-4-12/h7-9,12H,3-6H2,1-2H3. The number of piperidine rings is 1. The Kier molecular flexibility index (Phi) is 2.67. The van der Waals surface area contributed by atoms with Crippen molar-refractivity contribution in [1.29, 1.82) is 0 Å². The molecule has 0 N–H and O–H groups in total. The maximum Gasteiger partial charge on any atom is 0.137 e. The summed E-state index contributed by atoms with van der Waals surface area (Å²) in [5, 5.41) is 5.74. The fourth-order valence-corrected chi connectivity index (χ4v) is 2.89. The summed E-state index contributed by atoms with van der Waals surface area (Å²) in [5.74, 6) is 0.634. The average Bonchev–Trinajstić information content (AvgIpc) is 2.74. The van der Waals surface area contributed by atoms with Gasteiger partial charge in [-0.3, -0.25) is 0 Å². The molecule has 0 spiro atoms. The maximum absolute atomic E-state index is 5.76. The molecule has 2 aromatic rings. The average molecular weight is 228 g/mol. The molecule has 1 aromatic carbocycles. The lowest BCUT2D eigenvalue weighted by Crippen LogP contribution is -2.20. The zero-order chi connectivity index (χ0) is 11.8. The highest BCUT2D eigenvalue weighted by atomic mass is 16.3. The second kappa shape index (κ2) is 4.19. The Balaban J connectivity index is 2.10. The summed E-state index contributed by atoms with van der Waals surface area (Å²) in [6, 6.07) is 4.44. The number of nitrogens with zero attached hydrogens (tertiary/aromatic N) is 1. The molecule has 1 radical (unpaired) electrons. The minimum Gasteiger partial charge on any atom is -0.464 e. The topological polar surface area (TPSA) is 27.2 Å². The van der Waals surface area contributed by atoms with E-state index in [4.69, 9.17) is 4.42 Å². The normalized spacial score (nSPS) is 17.8. The molecule has 2 heterocycles. The van der Waals surface area contributed by atoms with Gasteiger partial charge >= 0.3 is 0 Å². The quantitative estimate of drug-likeness (QED) is 0.733. The van der Waals surface area contributed by atoms with E-state index in [-0.39, 0.29) is 0 Å². The molecule has 0 saturated carbocycles. The van der Waals surface area contributed by atoms with Crippen molar-refractivity contribution in [2.24, 2.45) is 0 Å². The van der Waals surface area contributed by atoms with Crippen molar-refractivity contribution in [3.8, 4) is 0 Å². The van der Waals surface area contributed by atoms with Gasteiger partial charge in [0.1, 0.15) is 5.58 Å². The summed E-state index contributed by atoms with van der Waals surface area (Å²) in [7, 11) is 0. The Labute approximate surface area is 102 Å². The van der Waals surface area contributed by atoms with Crippen molar-refractivity contribution >= 4 is 11.0 Å². The molecule has 1 saturated heterocycles. The first-order valence-electron chi connectivity index (χ1n) is 6.37. The summed E-state index contributed by atoms with van der Waals surface area (Å²) >= 11 is 0. The Morgan fingerprint density at radius 3 is 2.71 bits per heavy atom. The lowest BCUT2D eigenvalue weighted by molar-refractivity contribution is 0.451. The van der Waals surface area contributed by atoms with Crippen molar-refractivity contribution in [3.05, 3.63) is 35.1 Å². The van der Waals surface area contributed by atoms with Gasteiger partial charge in [-0.2, -0.15) is 0 Å². The van der Waals surface area contributed by atoms with Gasteiger partial charge in [-0.15, -0.1) is 0 Å². The van der Waals surface area contributed by atoms with Crippen LogP contribution in [0.2, 0.25) is 0 Å². The molecule has 1 aromatic heterocycles. The van der Waals surface area contributed by atoms with E-state index in [9.17, 15) is 0 Å². The molecule has 3 rings (SSSR count). The predicted octanol–water partition coefficient (Wildman–Crippen LogP) is 3.53. The van der Waals surface area contributed by atoms with Crippen LogP contribution in [0.4, 0.5) is 0 Å². The van der Waals surface area contributed by atoms with Crippen LogP contribution < -0.4 is 5.32 Å². The SMILES string of the molecule is Cc1cc(C)c2occ(C3CC[N]CC3)c2c1. The first-order valence-corrected chi connectivity index (χ1v) is 6.37. The van der Waals surface area contributed by atoms with Crippen LogP contribution in [0.3, 0.4) is 0 Å². The van der Waals surface area contributed by atoms with Crippen molar-refractivity contribution in [2.75, 3.05) is 13.1 Å². The Hall–Kier alpha value is -1.28. The van der Waals surface area contributed by atoms with Gasteiger partial charge in [-0.25, -0.2) is 5.32 Å². The number of fused-ring (bicyclic) bond motifs is 1. The highest BCUT2D eigenvalue weighted by Gasteiger charge is 2.20. The van der Waals surface area contributed by atoms with Gasteiger partial charge < -0.3 is 4.42 Å². The molecule has 1 aliphatic rings. The summed E-state index contributed by atoms with van der Waals surface area (Å²) in [6.07, 6.45) is 4.30. The van der Waals surface area contributed by atoms with Crippen molar-refractivity contribution in [1.82, 2.24) is 5.32 Å². The van der Waals surface area contributed by atoms with Crippen LogP contribution in [0.25, 0.3) is 11.0 Å². The first kappa shape index (κ1) is 10.8. The highest BCUT2D eigenvalue weighted by Crippen LogP contribution is 2.34. The smallest absolute Gasteiger partial charge is 0.137 e. The summed E-state index contributed by atoms with van der Waals surface area (Å²) in [4.78, 5) is 0. The molecule has 17 heavy (non-hydrogen) atoms. The summed E-state index contributed by atoms with van der Waals surface area (Å²) in [6.45, 7) is 6.28. The third kappa shape index (κ3) is 1.87. The van der Waals surface area contributed by atoms with Crippen LogP contribution in [0.15, 0.2) is 22.8 Å². The number of rotatable bonds is 1. The molecule has 0 amide bonds. The number of hydrogen-bond acceptors (Lipinski definition) is 1. The minimum atomic E-state index is 0.634. The molecule has 0 bridgehead atoms. The van der Waals surface area contributed by atoms with E-state index in [1.807, 2.05) is 6.26 Å². The van der Waals surface area contributed by atoms with Crippen molar-refractivity contribution in [2.45, 2.75) is 32.6 Å². The van der Waals surface area contributed by atoms with Crippen molar-refractivity contribution < 1.29 is 4.42 Å². The van der Waals surface area contributed by atoms with E-state index in [1.165, 1.54) is 34.9 Å². The summed E-state index contributed by atoms with van der Waals surface area (Å²) < 4.78 is 5.76. The number of furan rings is 1. The molecule has 0 unspecified atom stereocenters. The monoisotopic (exact) mass is 228 g/mol. The lowest BCUT2D eigenvalue weighted by Gasteiger charge is -2.20. The van der Waals surface area contributed by atoms with Crippen LogP contribution in [0.5, 0.6) is 0 Å². The molecule has 0 aliphatic carbocycles. The van der Waals surface area contributed by atoms with E-state index in [1.54, 1.807) is 0 Å². The molecule has 2 heteroatoms. The fourth-order valence-electron chi connectivity index (χ4n) is 2.89. The van der Waals surface area contributed by atoms with E-state index in [0.717, 1.165) is 18.7 Å².